The highest BCUT2D eigenvalue weighted by Gasteiger charge is 2.23. The molecule has 0 radical (unpaired) electrons. The monoisotopic (exact) mass is 260 g/mol. The van der Waals surface area contributed by atoms with Crippen LogP contribution in [-0.4, -0.2) is 18.5 Å². The summed E-state index contributed by atoms with van der Waals surface area (Å²) in [6.07, 6.45) is 0.790. The third-order valence-corrected chi connectivity index (χ3v) is 4.13. The highest BCUT2D eigenvalue weighted by molar-refractivity contribution is 5.82. The first kappa shape index (κ1) is 14.1. The zero-order valence-corrected chi connectivity index (χ0v) is 12.1. The van der Waals surface area contributed by atoms with E-state index in [9.17, 15) is 4.79 Å². The fourth-order valence-electron chi connectivity index (χ4n) is 2.26. The van der Waals surface area contributed by atoms with Crippen LogP contribution in [0.3, 0.4) is 0 Å². The van der Waals surface area contributed by atoms with Crippen molar-refractivity contribution in [2.75, 3.05) is 6.54 Å². The molecule has 1 heterocycles. The van der Waals surface area contributed by atoms with Gasteiger partial charge in [0, 0.05) is 13.1 Å². The molecule has 1 amide bonds. The highest BCUT2D eigenvalue weighted by atomic mass is 16.2. The zero-order chi connectivity index (χ0) is 13.8. The second-order valence-electron chi connectivity index (χ2n) is 5.87. The second kappa shape index (κ2) is 6.20. The van der Waals surface area contributed by atoms with Crippen LogP contribution in [0.15, 0.2) is 24.3 Å². The molecule has 3 nitrogen and oxygen atoms in total. The zero-order valence-electron chi connectivity index (χ0n) is 12.1. The molecule has 19 heavy (non-hydrogen) atoms. The summed E-state index contributed by atoms with van der Waals surface area (Å²) in [5, 5.41) is 6.38. The van der Waals surface area contributed by atoms with Gasteiger partial charge in [0.25, 0.3) is 0 Å². The summed E-state index contributed by atoms with van der Waals surface area (Å²) in [5.41, 5.74) is 2.60. The molecule has 0 bridgehead atoms. The Hall–Kier alpha value is -1.35. The molecule has 2 rings (SSSR count). The van der Waals surface area contributed by atoms with Gasteiger partial charge in [-0.25, -0.2) is 0 Å². The molecule has 1 aromatic carbocycles. The molecule has 0 aromatic heterocycles. The predicted molar refractivity (Wildman–Crippen MR) is 77.8 cm³/mol. The van der Waals surface area contributed by atoms with E-state index < -0.39 is 0 Å². The van der Waals surface area contributed by atoms with E-state index in [1.165, 1.54) is 11.1 Å². The molecule has 0 saturated carbocycles. The van der Waals surface area contributed by atoms with Crippen LogP contribution in [0.25, 0.3) is 0 Å². The van der Waals surface area contributed by atoms with Crippen LogP contribution in [0.4, 0.5) is 0 Å². The molecule has 2 atom stereocenters. The molecule has 3 heteroatoms. The summed E-state index contributed by atoms with van der Waals surface area (Å²) in [6, 6.07) is 8.24. The van der Waals surface area contributed by atoms with Crippen LogP contribution in [0.2, 0.25) is 0 Å². The Balaban J connectivity index is 1.89. The average Bonchev–Trinajstić information content (AvgIpc) is 2.43. The number of benzene rings is 1. The van der Waals surface area contributed by atoms with Gasteiger partial charge in [-0.2, -0.15) is 0 Å². The minimum Gasteiger partial charge on any atom is -0.354 e. The Morgan fingerprint density at radius 2 is 2.00 bits per heavy atom. The lowest BCUT2D eigenvalue weighted by atomic mass is 9.95. The van der Waals surface area contributed by atoms with Crippen molar-refractivity contribution in [3.8, 4) is 0 Å². The molecule has 0 fully saturated rings. The van der Waals surface area contributed by atoms with Crippen LogP contribution in [0.5, 0.6) is 0 Å². The molecule has 0 spiro atoms. The standard InChI is InChI=1S/C16H24N2O/c1-11(2)12(3)9-18-16(19)15-8-13-6-4-5-7-14(13)10-17-15/h4-7,11-12,15,17H,8-10H2,1-3H3,(H,18,19). The lowest BCUT2D eigenvalue weighted by Crippen LogP contribution is -2.48. The van der Waals surface area contributed by atoms with Gasteiger partial charge in [0.2, 0.25) is 5.91 Å². The lowest BCUT2D eigenvalue weighted by Gasteiger charge is -2.26. The smallest absolute Gasteiger partial charge is 0.237 e. The van der Waals surface area contributed by atoms with Crippen molar-refractivity contribution in [3.05, 3.63) is 35.4 Å². The summed E-state index contributed by atoms with van der Waals surface area (Å²) in [4.78, 5) is 12.2. The summed E-state index contributed by atoms with van der Waals surface area (Å²) < 4.78 is 0. The summed E-state index contributed by atoms with van der Waals surface area (Å²) in [5.74, 6) is 1.24. The van der Waals surface area contributed by atoms with Gasteiger partial charge < -0.3 is 10.6 Å². The number of rotatable bonds is 4. The van der Waals surface area contributed by atoms with Crippen molar-refractivity contribution in [1.29, 1.82) is 0 Å². The van der Waals surface area contributed by atoms with E-state index in [1.807, 2.05) is 12.1 Å². The maximum atomic E-state index is 12.2. The van der Waals surface area contributed by atoms with E-state index in [2.05, 4.69) is 43.5 Å². The van der Waals surface area contributed by atoms with Gasteiger partial charge in [-0.15, -0.1) is 0 Å². The molecular weight excluding hydrogens is 236 g/mol. The molecule has 0 saturated heterocycles. The molecule has 0 aliphatic carbocycles. The van der Waals surface area contributed by atoms with Gasteiger partial charge >= 0.3 is 0 Å². The second-order valence-corrected chi connectivity index (χ2v) is 5.87. The lowest BCUT2D eigenvalue weighted by molar-refractivity contribution is -0.123. The van der Waals surface area contributed by atoms with Gasteiger partial charge in [-0.3, -0.25) is 4.79 Å². The number of hydrogen-bond donors (Lipinski definition) is 2. The van der Waals surface area contributed by atoms with Gasteiger partial charge in [-0.1, -0.05) is 45.0 Å². The van der Waals surface area contributed by atoms with Crippen molar-refractivity contribution >= 4 is 5.91 Å². The maximum absolute atomic E-state index is 12.2. The van der Waals surface area contributed by atoms with Crippen LogP contribution in [0.1, 0.15) is 31.9 Å². The number of fused-ring (bicyclic) bond motifs is 1. The van der Waals surface area contributed by atoms with E-state index in [0.29, 0.717) is 11.8 Å². The number of carbonyl (C=O) groups is 1. The third-order valence-electron chi connectivity index (χ3n) is 4.13. The summed E-state index contributed by atoms with van der Waals surface area (Å²) in [7, 11) is 0. The summed E-state index contributed by atoms with van der Waals surface area (Å²) >= 11 is 0. The van der Waals surface area contributed by atoms with E-state index in [0.717, 1.165) is 19.5 Å². The predicted octanol–water partition coefficient (Wildman–Crippen LogP) is 2.11. The van der Waals surface area contributed by atoms with E-state index in [-0.39, 0.29) is 11.9 Å². The third kappa shape index (κ3) is 3.57. The number of carbonyl (C=O) groups excluding carboxylic acids is 1. The van der Waals surface area contributed by atoms with E-state index >= 15 is 0 Å². The molecule has 1 aliphatic heterocycles. The van der Waals surface area contributed by atoms with E-state index in [1.54, 1.807) is 0 Å². The Bertz CT molecular complexity index is 442. The quantitative estimate of drug-likeness (QED) is 0.870. The molecule has 2 unspecified atom stereocenters. The number of hydrogen-bond acceptors (Lipinski definition) is 2. The molecular formula is C16H24N2O. The van der Waals surface area contributed by atoms with Gasteiger partial charge in [-0.05, 0) is 29.4 Å². The largest absolute Gasteiger partial charge is 0.354 e. The number of amides is 1. The first-order chi connectivity index (χ1) is 9.08. The van der Waals surface area contributed by atoms with Gasteiger partial charge in [0.05, 0.1) is 6.04 Å². The SMILES string of the molecule is CC(C)C(C)CNC(=O)C1Cc2ccccc2CN1. The van der Waals surface area contributed by atoms with Crippen molar-refractivity contribution in [3.63, 3.8) is 0 Å². The first-order valence-corrected chi connectivity index (χ1v) is 7.15. The van der Waals surface area contributed by atoms with Crippen LogP contribution in [-0.2, 0) is 17.8 Å². The topological polar surface area (TPSA) is 41.1 Å². The maximum Gasteiger partial charge on any atom is 0.237 e. The minimum atomic E-state index is -0.0886. The van der Waals surface area contributed by atoms with Gasteiger partial charge in [0.1, 0.15) is 0 Å². The average molecular weight is 260 g/mol. The Morgan fingerprint density at radius 1 is 1.32 bits per heavy atom. The highest BCUT2D eigenvalue weighted by Crippen LogP contribution is 2.16. The van der Waals surface area contributed by atoms with Crippen molar-refractivity contribution < 1.29 is 4.79 Å². The van der Waals surface area contributed by atoms with Gasteiger partial charge in [0.15, 0.2) is 0 Å². The normalized spacial score (nSPS) is 19.9. The molecule has 104 valence electrons. The first-order valence-electron chi connectivity index (χ1n) is 7.15. The fourth-order valence-corrected chi connectivity index (χ4v) is 2.26. The molecule has 2 N–H and O–H groups in total. The molecule has 1 aromatic rings. The van der Waals surface area contributed by atoms with Crippen molar-refractivity contribution in [2.24, 2.45) is 11.8 Å². The fraction of sp³-hybridized carbons (Fsp3) is 0.562. The molecule has 1 aliphatic rings. The van der Waals surface area contributed by atoms with Crippen LogP contribution < -0.4 is 10.6 Å². The van der Waals surface area contributed by atoms with Crippen LogP contribution >= 0.6 is 0 Å². The Labute approximate surface area is 115 Å². The Morgan fingerprint density at radius 3 is 2.68 bits per heavy atom. The summed E-state index contributed by atoms with van der Waals surface area (Å²) in [6.45, 7) is 8.09. The minimum absolute atomic E-state index is 0.0886. The van der Waals surface area contributed by atoms with Crippen molar-refractivity contribution in [2.45, 2.75) is 39.8 Å². The number of nitrogens with one attached hydrogen (secondary N) is 2. The van der Waals surface area contributed by atoms with E-state index in [4.69, 9.17) is 0 Å². The van der Waals surface area contributed by atoms with Crippen LogP contribution in [0, 0.1) is 11.8 Å². The van der Waals surface area contributed by atoms with Crippen molar-refractivity contribution in [1.82, 2.24) is 10.6 Å². The Kier molecular flexibility index (Phi) is 4.59.